The van der Waals surface area contributed by atoms with Crippen molar-refractivity contribution in [3.63, 3.8) is 0 Å². The molecule has 0 aromatic rings. The molecule has 1 aliphatic carbocycles. The highest BCUT2D eigenvalue weighted by atomic mass is 16.5. The highest BCUT2D eigenvalue weighted by Gasteiger charge is 2.43. The first kappa shape index (κ1) is 14.0. The Balaban J connectivity index is 2.04. The van der Waals surface area contributed by atoms with E-state index in [9.17, 15) is 4.79 Å². The first-order valence-corrected chi connectivity index (χ1v) is 7.67. The van der Waals surface area contributed by atoms with Crippen molar-refractivity contribution in [2.75, 3.05) is 6.61 Å². The smallest absolute Gasteiger partial charge is 0.141 e. The summed E-state index contributed by atoms with van der Waals surface area (Å²) in [5.41, 5.74) is -0.0987. The van der Waals surface area contributed by atoms with Crippen LogP contribution in [-0.4, -0.2) is 18.0 Å². The van der Waals surface area contributed by atoms with Gasteiger partial charge in [-0.05, 0) is 32.1 Å². The van der Waals surface area contributed by atoms with Crippen molar-refractivity contribution in [3.8, 4) is 0 Å². The molecule has 1 spiro atoms. The summed E-state index contributed by atoms with van der Waals surface area (Å²) in [4.78, 5) is 12.6. The first-order valence-electron chi connectivity index (χ1n) is 7.67. The average Bonchev–Trinajstić information content (AvgIpc) is 2.39. The molecule has 2 heteroatoms. The summed E-state index contributed by atoms with van der Waals surface area (Å²) in [6.07, 6.45) is 9.09. The van der Waals surface area contributed by atoms with Gasteiger partial charge in [0.15, 0.2) is 0 Å². The van der Waals surface area contributed by atoms with Crippen LogP contribution >= 0.6 is 0 Å². The maximum Gasteiger partial charge on any atom is 0.141 e. The first-order chi connectivity index (χ1) is 8.49. The minimum Gasteiger partial charge on any atom is -0.375 e. The number of ketones is 1. The Labute approximate surface area is 111 Å². The maximum atomic E-state index is 12.6. The molecule has 1 unspecified atom stereocenters. The Morgan fingerprint density at radius 3 is 2.56 bits per heavy atom. The lowest BCUT2D eigenvalue weighted by Gasteiger charge is -2.44. The van der Waals surface area contributed by atoms with Gasteiger partial charge in [-0.25, -0.2) is 0 Å². The summed E-state index contributed by atoms with van der Waals surface area (Å²) < 4.78 is 6.08. The number of ether oxygens (including phenoxy) is 1. The van der Waals surface area contributed by atoms with Crippen LogP contribution in [0.5, 0.6) is 0 Å². The van der Waals surface area contributed by atoms with Gasteiger partial charge in [-0.15, -0.1) is 0 Å². The van der Waals surface area contributed by atoms with Crippen molar-refractivity contribution in [1.29, 1.82) is 0 Å². The minimum atomic E-state index is -0.155. The second-order valence-corrected chi connectivity index (χ2v) is 6.88. The van der Waals surface area contributed by atoms with E-state index < -0.39 is 0 Å². The lowest BCUT2D eigenvalue weighted by Crippen LogP contribution is -2.45. The molecule has 0 aromatic heterocycles. The average molecular weight is 252 g/mol. The van der Waals surface area contributed by atoms with Gasteiger partial charge >= 0.3 is 0 Å². The van der Waals surface area contributed by atoms with E-state index in [1.165, 1.54) is 32.1 Å². The molecule has 2 rings (SSSR count). The standard InChI is InChI=1S/C16H28O2/c1-4-15(2,3)14(17)13-8-11-18-16(12-13)9-6-5-7-10-16/h13H,4-12H2,1-3H3. The van der Waals surface area contributed by atoms with E-state index in [0.29, 0.717) is 5.78 Å². The Morgan fingerprint density at radius 2 is 1.94 bits per heavy atom. The predicted molar refractivity (Wildman–Crippen MR) is 73.6 cm³/mol. The van der Waals surface area contributed by atoms with Crippen LogP contribution < -0.4 is 0 Å². The van der Waals surface area contributed by atoms with Crippen molar-refractivity contribution in [3.05, 3.63) is 0 Å². The van der Waals surface area contributed by atoms with Crippen LogP contribution in [0.2, 0.25) is 0 Å². The zero-order valence-electron chi connectivity index (χ0n) is 12.3. The molecule has 0 aromatic carbocycles. The van der Waals surface area contributed by atoms with Crippen molar-refractivity contribution in [2.24, 2.45) is 11.3 Å². The normalized spacial score (nSPS) is 28.3. The summed E-state index contributed by atoms with van der Waals surface area (Å²) in [6.45, 7) is 7.10. The van der Waals surface area contributed by atoms with Crippen LogP contribution in [-0.2, 0) is 9.53 Å². The molecule has 1 atom stereocenters. The molecule has 0 N–H and O–H groups in total. The van der Waals surface area contributed by atoms with Crippen LogP contribution in [0.1, 0.15) is 72.1 Å². The fraction of sp³-hybridized carbons (Fsp3) is 0.938. The van der Waals surface area contributed by atoms with E-state index >= 15 is 0 Å². The third kappa shape index (κ3) is 2.79. The number of rotatable bonds is 3. The summed E-state index contributed by atoms with van der Waals surface area (Å²) in [7, 11) is 0. The van der Waals surface area contributed by atoms with E-state index in [-0.39, 0.29) is 16.9 Å². The lowest BCUT2D eigenvalue weighted by molar-refractivity contribution is -0.149. The molecule has 0 bridgehead atoms. The van der Waals surface area contributed by atoms with Crippen molar-refractivity contribution in [2.45, 2.75) is 77.7 Å². The summed E-state index contributed by atoms with van der Waals surface area (Å²) in [5, 5.41) is 0. The lowest BCUT2D eigenvalue weighted by atomic mass is 9.70. The number of hydrogen-bond donors (Lipinski definition) is 0. The zero-order valence-corrected chi connectivity index (χ0v) is 12.3. The summed E-state index contributed by atoms with van der Waals surface area (Å²) in [5.74, 6) is 0.713. The van der Waals surface area contributed by atoms with Crippen LogP contribution in [0.4, 0.5) is 0 Å². The number of carbonyl (C=O) groups is 1. The third-order valence-electron chi connectivity index (χ3n) is 5.18. The van der Waals surface area contributed by atoms with Gasteiger partial charge < -0.3 is 4.74 Å². The monoisotopic (exact) mass is 252 g/mol. The van der Waals surface area contributed by atoms with E-state index in [2.05, 4.69) is 20.8 Å². The summed E-state index contributed by atoms with van der Waals surface area (Å²) in [6, 6.07) is 0. The molecule has 2 aliphatic rings. The summed E-state index contributed by atoms with van der Waals surface area (Å²) >= 11 is 0. The fourth-order valence-electron chi connectivity index (χ4n) is 3.52. The van der Waals surface area contributed by atoms with Crippen LogP contribution in [0.25, 0.3) is 0 Å². The molecular weight excluding hydrogens is 224 g/mol. The van der Waals surface area contributed by atoms with Crippen molar-refractivity contribution in [1.82, 2.24) is 0 Å². The third-order valence-corrected chi connectivity index (χ3v) is 5.18. The van der Waals surface area contributed by atoms with E-state index in [1.54, 1.807) is 0 Å². The van der Waals surface area contributed by atoms with Crippen LogP contribution in [0, 0.1) is 11.3 Å². The van der Waals surface area contributed by atoms with Gasteiger partial charge in [-0.3, -0.25) is 4.79 Å². The van der Waals surface area contributed by atoms with Gasteiger partial charge in [-0.1, -0.05) is 40.0 Å². The molecule has 1 aliphatic heterocycles. The quantitative estimate of drug-likeness (QED) is 0.755. The highest BCUT2D eigenvalue weighted by Crippen LogP contribution is 2.42. The van der Waals surface area contributed by atoms with Crippen molar-refractivity contribution >= 4 is 5.78 Å². The van der Waals surface area contributed by atoms with Crippen molar-refractivity contribution < 1.29 is 9.53 Å². The van der Waals surface area contributed by atoms with E-state index in [1.807, 2.05) is 0 Å². The van der Waals surface area contributed by atoms with E-state index in [4.69, 9.17) is 4.74 Å². The van der Waals surface area contributed by atoms with Gasteiger partial charge in [0.25, 0.3) is 0 Å². The number of Topliss-reactive ketones (excluding diaryl/α,β-unsaturated/α-hetero) is 1. The SMILES string of the molecule is CCC(C)(C)C(=O)C1CCOC2(CCCCC2)C1. The Hall–Kier alpha value is -0.370. The molecule has 1 saturated heterocycles. The molecule has 1 heterocycles. The van der Waals surface area contributed by atoms with Crippen LogP contribution in [0.15, 0.2) is 0 Å². The fourth-order valence-corrected chi connectivity index (χ4v) is 3.52. The number of carbonyl (C=O) groups excluding carboxylic acids is 1. The minimum absolute atomic E-state index is 0.0562. The highest BCUT2D eigenvalue weighted by molar-refractivity contribution is 5.86. The second-order valence-electron chi connectivity index (χ2n) is 6.88. The molecule has 18 heavy (non-hydrogen) atoms. The van der Waals surface area contributed by atoms with Gasteiger partial charge in [0.2, 0.25) is 0 Å². The van der Waals surface area contributed by atoms with E-state index in [0.717, 1.165) is 25.9 Å². The predicted octanol–water partition coefficient (Wildman–Crippen LogP) is 4.12. The Kier molecular flexibility index (Phi) is 4.15. The molecule has 0 radical (unpaired) electrons. The molecule has 104 valence electrons. The molecule has 0 amide bonds. The zero-order chi connectivity index (χ0) is 13.2. The molecule has 2 fully saturated rings. The Bertz CT molecular complexity index is 295. The number of hydrogen-bond acceptors (Lipinski definition) is 2. The topological polar surface area (TPSA) is 26.3 Å². The van der Waals surface area contributed by atoms with Gasteiger partial charge in [0.1, 0.15) is 5.78 Å². The molecular formula is C16H28O2. The van der Waals surface area contributed by atoms with Gasteiger partial charge in [0.05, 0.1) is 5.60 Å². The maximum absolute atomic E-state index is 12.6. The van der Waals surface area contributed by atoms with Crippen LogP contribution in [0.3, 0.4) is 0 Å². The van der Waals surface area contributed by atoms with Gasteiger partial charge in [0, 0.05) is 17.9 Å². The second kappa shape index (κ2) is 5.32. The largest absolute Gasteiger partial charge is 0.375 e. The van der Waals surface area contributed by atoms with Gasteiger partial charge in [-0.2, -0.15) is 0 Å². The molecule has 1 saturated carbocycles. The Morgan fingerprint density at radius 1 is 1.28 bits per heavy atom. The molecule has 2 nitrogen and oxygen atoms in total.